The summed E-state index contributed by atoms with van der Waals surface area (Å²) < 4.78 is 5.82. The van der Waals surface area contributed by atoms with E-state index >= 15 is 0 Å². The van der Waals surface area contributed by atoms with E-state index in [2.05, 4.69) is 5.32 Å². The number of carbonyl (C=O) groups excluding carboxylic acids is 2. The van der Waals surface area contributed by atoms with Gasteiger partial charge in [0.1, 0.15) is 11.5 Å². The highest BCUT2D eigenvalue weighted by atomic mass is 35.5. The van der Waals surface area contributed by atoms with E-state index in [1.54, 1.807) is 6.07 Å². The summed E-state index contributed by atoms with van der Waals surface area (Å²) >= 11 is 5.92. The molecule has 3 aromatic rings. The third kappa shape index (κ3) is 4.69. The van der Waals surface area contributed by atoms with E-state index < -0.39 is 0 Å². The minimum atomic E-state index is -0.177. The second kappa shape index (κ2) is 8.53. The van der Waals surface area contributed by atoms with Crippen LogP contribution in [0.4, 0.5) is 0 Å². The van der Waals surface area contributed by atoms with Gasteiger partial charge in [0.25, 0.3) is 5.91 Å². The Morgan fingerprint density at radius 2 is 1.93 bits per heavy atom. The van der Waals surface area contributed by atoms with Gasteiger partial charge in [0.05, 0.1) is 6.54 Å². The van der Waals surface area contributed by atoms with Gasteiger partial charge in [-0.05, 0) is 60.5 Å². The van der Waals surface area contributed by atoms with Crippen molar-refractivity contribution in [3.05, 3.63) is 82.6 Å². The third-order valence-electron chi connectivity index (χ3n) is 4.95. The van der Waals surface area contributed by atoms with Gasteiger partial charge in [-0.3, -0.25) is 9.59 Å². The average molecular weight is 409 g/mol. The molecule has 29 heavy (non-hydrogen) atoms. The Kier molecular flexibility index (Phi) is 5.67. The SMILES string of the molecule is O=C(NCc1ccc(-c2ccc(Cl)cc2)o1)c1cccc(CN2CCCC2=O)c1. The number of hydrogen-bond donors (Lipinski definition) is 1. The van der Waals surface area contributed by atoms with Crippen molar-refractivity contribution in [1.29, 1.82) is 0 Å². The number of likely N-dealkylation sites (tertiary alicyclic amines) is 1. The topological polar surface area (TPSA) is 62.6 Å². The van der Waals surface area contributed by atoms with Gasteiger partial charge in [-0.25, -0.2) is 0 Å². The lowest BCUT2D eigenvalue weighted by molar-refractivity contribution is -0.128. The van der Waals surface area contributed by atoms with Crippen LogP contribution in [-0.4, -0.2) is 23.3 Å². The summed E-state index contributed by atoms with van der Waals surface area (Å²) in [4.78, 5) is 26.2. The number of amides is 2. The van der Waals surface area contributed by atoms with Crippen LogP contribution in [-0.2, 0) is 17.9 Å². The van der Waals surface area contributed by atoms with Crippen LogP contribution in [0.1, 0.15) is 34.5 Å². The third-order valence-corrected chi connectivity index (χ3v) is 5.20. The highest BCUT2D eigenvalue weighted by Gasteiger charge is 2.20. The predicted molar refractivity (Wildman–Crippen MR) is 111 cm³/mol. The molecule has 5 nitrogen and oxygen atoms in total. The van der Waals surface area contributed by atoms with Crippen LogP contribution >= 0.6 is 11.6 Å². The Morgan fingerprint density at radius 3 is 2.69 bits per heavy atom. The molecule has 4 rings (SSSR count). The molecule has 1 fully saturated rings. The number of carbonyl (C=O) groups is 2. The smallest absolute Gasteiger partial charge is 0.251 e. The molecule has 2 amide bonds. The molecule has 0 atom stereocenters. The fraction of sp³-hybridized carbons (Fsp3) is 0.217. The first-order valence-corrected chi connectivity index (χ1v) is 9.96. The van der Waals surface area contributed by atoms with Crippen molar-refractivity contribution in [3.8, 4) is 11.3 Å². The molecule has 0 spiro atoms. The van der Waals surface area contributed by atoms with E-state index in [1.165, 1.54) is 0 Å². The van der Waals surface area contributed by atoms with Gasteiger partial charge in [0.2, 0.25) is 5.91 Å². The molecule has 1 N–H and O–H groups in total. The molecular weight excluding hydrogens is 388 g/mol. The maximum absolute atomic E-state index is 12.5. The quantitative estimate of drug-likeness (QED) is 0.645. The van der Waals surface area contributed by atoms with E-state index in [0.717, 1.165) is 29.9 Å². The van der Waals surface area contributed by atoms with E-state index in [0.29, 0.717) is 35.9 Å². The number of hydrogen-bond acceptors (Lipinski definition) is 3. The molecule has 0 radical (unpaired) electrons. The molecule has 0 saturated carbocycles. The predicted octanol–water partition coefficient (Wildman–Crippen LogP) is 4.65. The van der Waals surface area contributed by atoms with Crippen LogP contribution in [0.3, 0.4) is 0 Å². The molecular formula is C23H21ClN2O3. The Balaban J connectivity index is 1.37. The molecule has 2 heterocycles. The fourth-order valence-electron chi connectivity index (χ4n) is 3.41. The molecule has 1 aromatic heterocycles. The first-order chi connectivity index (χ1) is 14.1. The molecule has 6 heteroatoms. The summed E-state index contributed by atoms with van der Waals surface area (Å²) in [6.45, 7) is 1.62. The lowest BCUT2D eigenvalue weighted by Gasteiger charge is -2.16. The van der Waals surface area contributed by atoms with Gasteiger partial charge in [0, 0.05) is 35.7 Å². The van der Waals surface area contributed by atoms with E-state index in [-0.39, 0.29) is 11.8 Å². The van der Waals surface area contributed by atoms with Gasteiger partial charge in [-0.1, -0.05) is 23.7 Å². The van der Waals surface area contributed by atoms with Crippen molar-refractivity contribution in [1.82, 2.24) is 10.2 Å². The Hall–Kier alpha value is -3.05. The van der Waals surface area contributed by atoms with Crippen molar-refractivity contribution < 1.29 is 14.0 Å². The Morgan fingerprint density at radius 1 is 1.10 bits per heavy atom. The van der Waals surface area contributed by atoms with Gasteiger partial charge in [-0.2, -0.15) is 0 Å². The summed E-state index contributed by atoms with van der Waals surface area (Å²) in [6.07, 6.45) is 1.52. The molecule has 1 aliphatic rings. The van der Waals surface area contributed by atoms with Crippen molar-refractivity contribution in [2.75, 3.05) is 6.54 Å². The normalized spacial score (nSPS) is 13.7. The molecule has 0 aliphatic carbocycles. The first-order valence-electron chi connectivity index (χ1n) is 9.58. The maximum Gasteiger partial charge on any atom is 0.251 e. The summed E-state index contributed by atoms with van der Waals surface area (Å²) in [7, 11) is 0. The summed E-state index contributed by atoms with van der Waals surface area (Å²) in [5.74, 6) is 1.39. The van der Waals surface area contributed by atoms with E-state index in [4.69, 9.17) is 16.0 Å². The fourth-order valence-corrected chi connectivity index (χ4v) is 3.54. The van der Waals surface area contributed by atoms with E-state index in [9.17, 15) is 9.59 Å². The lowest BCUT2D eigenvalue weighted by Crippen LogP contribution is -2.25. The second-order valence-electron chi connectivity index (χ2n) is 7.07. The average Bonchev–Trinajstić information content (AvgIpc) is 3.36. The summed E-state index contributed by atoms with van der Waals surface area (Å²) in [6, 6.07) is 18.5. The van der Waals surface area contributed by atoms with Crippen LogP contribution in [0.2, 0.25) is 5.02 Å². The number of halogens is 1. The number of furan rings is 1. The van der Waals surface area contributed by atoms with Crippen molar-refractivity contribution in [2.45, 2.75) is 25.9 Å². The van der Waals surface area contributed by atoms with Crippen LogP contribution in [0.5, 0.6) is 0 Å². The zero-order chi connectivity index (χ0) is 20.2. The molecule has 0 bridgehead atoms. The summed E-state index contributed by atoms with van der Waals surface area (Å²) in [5.41, 5.74) is 2.45. The standard InChI is InChI=1S/C23H21ClN2O3/c24-19-8-6-17(7-9-19)21-11-10-20(29-21)14-25-23(28)18-4-1-3-16(13-18)15-26-12-2-5-22(26)27/h1,3-4,6-11,13H,2,5,12,14-15H2,(H,25,28). The Labute approximate surface area is 174 Å². The summed E-state index contributed by atoms with van der Waals surface area (Å²) in [5, 5.41) is 3.55. The Bertz CT molecular complexity index is 1030. The molecule has 1 aliphatic heterocycles. The molecule has 1 saturated heterocycles. The lowest BCUT2D eigenvalue weighted by atomic mass is 10.1. The second-order valence-corrected chi connectivity index (χ2v) is 7.51. The zero-order valence-corrected chi connectivity index (χ0v) is 16.6. The van der Waals surface area contributed by atoms with Crippen LogP contribution in [0.25, 0.3) is 11.3 Å². The zero-order valence-electron chi connectivity index (χ0n) is 15.9. The highest BCUT2D eigenvalue weighted by Crippen LogP contribution is 2.24. The van der Waals surface area contributed by atoms with Crippen molar-refractivity contribution in [3.63, 3.8) is 0 Å². The molecule has 2 aromatic carbocycles. The van der Waals surface area contributed by atoms with Gasteiger partial charge < -0.3 is 14.6 Å². The minimum Gasteiger partial charge on any atom is -0.459 e. The van der Waals surface area contributed by atoms with Crippen LogP contribution < -0.4 is 5.32 Å². The van der Waals surface area contributed by atoms with Crippen molar-refractivity contribution in [2.24, 2.45) is 0 Å². The molecule has 0 unspecified atom stereocenters. The van der Waals surface area contributed by atoms with Crippen LogP contribution in [0.15, 0.2) is 65.1 Å². The largest absolute Gasteiger partial charge is 0.459 e. The monoisotopic (exact) mass is 408 g/mol. The van der Waals surface area contributed by atoms with Gasteiger partial charge >= 0.3 is 0 Å². The van der Waals surface area contributed by atoms with Gasteiger partial charge in [-0.15, -0.1) is 0 Å². The maximum atomic E-state index is 12.5. The van der Waals surface area contributed by atoms with Crippen LogP contribution in [0, 0.1) is 0 Å². The highest BCUT2D eigenvalue weighted by molar-refractivity contribution is 6.30. The van der Waals surface area contributed by atoms with E-state index in [1.807, 2.05) is 59.5 Å². The number of nitrogens with one attached hydrogen (secondary N) is 1. The number of benzene rings is 2. The van der Waals surface area contributed by atoms with Crippen molar-refractivity contribution >= 4 is 23.4 Å². The number of rotatable bonds is 6. The molecule has 148 valence electrons. The first kappa shape index (κ1) is 19.3. The number of nitrogens with zero attached hydrogens (tertiary/aromatic N) is 1. The minimum absolute atomic E-state index is 0.175. The van der Waals surface area contributed by atoms with Gasteiger partial charge in [0.15, 0.2) is 0 Å².